The van der Waals surface area contributed by atoms with Crippen molar-refractivity contribution in [1.29, 1.82) is 0 Å². The number of carbonyl (C=O) groups is 1. The van der Waals surface area contributed by atoms with Crippen molar-refractivity contribution in [1.82, 2.24) is 5.32 Å². The van der Waals surface area contributed by atoms with Crippen LogP contribution in [-0.2, 0) is 14.3 Å². The summed E-state index contributed by atoms with van der Waals surface area (Å²) < 4.78 is 11.2. The molecule has 0 aliphatic carbocycles. The third kappa shape index (κ3) is 44.8. The summed E-state index contributed by atoms with van der Waals surface area (Å²) in [7, 11) is 0. The van der Waals surface area contributed by atoms with Gasteiger partial charge in [-0.3, -0.25) is 4.79 Å². The van der Waals surface area contributed by atoms with Gasteiger partial charge in [-0.05, 0) is 64.2 Å². The number of hydrogen-bond acceptors (Lipinski definition) is 10. The van der Waals surface area contributed by atoms with Crippen LogP contribution in [0, 0.1) is 0 Å². The third-order valence-corrected chi connectivity index (χ3v) is 16.7. The van der Waals surface area contributed by atoms with E-state index in [1.54, 1.807) is 0 Å². The zero-order valence-corrected chi connectivity index (χ0v) is 52.1. The van der Waals surface area contributed by atoms with Gasteiger partial charge in [0.2, 0.25) is 5.91 Å². The van der Waals surface area contributed by atoms with Gasteiger partial charge in [0, 0.05) is 0 Å². The normalized spacial score (nSPS) is 19.4. The molecule has 1 aliphatic rings. The minimum absolute atomic E-state index is 0.243. The Balaban J connectivity index is 2.25. The highest BCUT2D eigenvalue weighted by atomic mass is 16.7. The van der Waals surface area contributed by atoms with E-state index >= 15 is 0 Å². The van der Waals surface area contributed by atoms with Gasteiger partial charge in [0.05, 0.1) is 25.4 Å². The molecule has 11 nitrogen and oxygen atoms in total. The Bertz CT molecular complexity index is 1390. The van der Waals surface area contributed by atoms with E-state index in [0.717, 1.165) is 44.9 Å². The Morgan fingerprint density at radius 3 is 1.11 bits per heavy atom. The molecule has 0 aromatic rings. The molecule has 0 aromatic heterocycles. The lowest BCUT2D eigenvalue weighted by Gasteiger charge is -2.40. The second-order valence-corrected chi connectivity index (χ2v) is 24.2. The fourth-order valence-electron chi connectivity index (χ4n) is 11.1. The summed E-state index contributed by atoms with van der Waals surface area (Å²) in [6.07, 6.45) is 62.3. The minimum atomic E-state index is -1.67. The molecule has 1 rings (SSSR count). The van der Waals surface area contributed by atoms with E-state index in [1.807, 2.05) is 0 Å². The maximum Gasteiger partial charge on any atom is 0.249 e. The molecule has 11 heteroatoms. The number of amides is 1. The zero-order chi connectivity index (χ0) is 58.2. The largest absolute Gasteiger partial charge is 0.394 e. The van der Waals surface area contributed by atoms with Crippen LogP contribution in [0.2, 0.25) is 0 Å². The van der Waals surface area contributed by atoms with E-state index in [2.05, 4.69) is 55.6 Å². The van der Waals surface area contributed by atoms with Gasteiger partial charge in [-0.15, -0.1) is 0 Å². The maximum absolute atomic E-state index is 13.2. The zero-order valence-electron chi connectivity index (χ0n) is 52.1. The fraction of sp³-hybridized carbons (Fsp3) is 0.899. The van der Waals surface area contributed by atoms with Gasteiger partial charge in [-0.1, -0.05) is 301 Å². The van der Waals surface area contributed by atoms with Gasteiger partial charge < -0.3 is 50.5 Å². The number of allylic oxidation sites excluding steroid dienone is 6. The van der Waals surface area contributed by atoms with Gasteiger partial charge >= 0.3 is 0 Å². The lowest BCUT2D eigenvalue weighted by Crippen LogP contribution is -2.60. The van der Waals surface area contributed by atoms with E-state index in [1.165, 1.54) is 238 Å². The van der Waals surface area contributed by atoms with E-state index in [-0.39, 0.29) is 12.8 Å². The average molecular weight is 1130 g/mol. The van der Waals surface area contributed by atoms with E-state index < -0.39 is 74.2 Å². The third-order valence-electron chi connectivity index (χ3n) is 16.7. The summed E-state index contributed by atoms with van der Waals surface area (Å²) in [6.45, 7) is 3.49. The van der Waals surface area contributed by atoms with Crippen molar-refractivity contribution >= 4 is 5.91 Å². The molecule has 0 bridgehead atoms. The Morgan fingerprint density at radius 2 is 0.750 bits per heavy atom. The van der Waals surface area contributed by atoms with Crippen molar-refractivity contribution in [2.24, 2.45) is 0 Å². The highest BCUT2D eigenvalue weighted by Crippen LogP contribution is 2.24. The number of aliphatic hydroxyl groups excluding tert-OH is 7. The second-order valence-electron chi connectivity index (χ2n) is 24.2. The minimum Gasteiger partial charge on any atom is -0.394 e. The second kappa shape index (κ2) is 57.7. The average Bonchev–Trinajstić information content (AvgIpc) is 3.47. The van der Waals surface area contributed by atoms with Crippen LogP contribution in [0.1, 0.15) is 328 Å². The number of nitrogens with one attached hydrogen (secondary N) is 1. The van der Waals surface area contributed by atoms with Crippen LogP contribution in [-0.4, -0.2) is 110 Å². The van der Waals surface area contributed by atoms with Crippen LogP contribution >= 0.6 is 0 Å². The molecule has 1 fully saturated rings. The van der Waals surface area contributed by atoms with Crippen molar-refractivity contribution in [3.8, 4) is 0 Å². The van der Waals surface area contributed by atoms with Crippen molar-refractivity contribution in [3.05, 3.63) is 36.5 Å². The lowest BCUT2D eigenvalue weighted by molar-refractivity contribution is -0.303. The quantitative estimate of drug-likeness (QED) is 0.0215. The lowest BCUT2D eigenvalue weighted by atomic mass is 9.98. The molecule has 1 heterocycles. The van der Waals surface area contributed by atoms with Crippen molar-refractivity contribution in [3.63, 3.8) is 0 Å². The Morgan fingerprint density at radius 1 is 0.425 bits per heavy atom. The molecule has 9 unspecified atom stereocenters. The van der Waals surface area contributed by atoms with Gasteiger partial charge in [0.25, 0.3) is 0 Å². The topological polar surface area (TPSA) is 189 Å². The van der Waals surface area contributed by atoms with Crippen molar-refractivity contribution in [2.45, 2.75) is 384 Å². The number of aliphatic hydroxyl groups is 7. The standard InChI is InChI=1S/C69H131NO10/c1-3-5-7-9-11-13-15-17-19-21-23-25-27-28-29-30-31-32-33-35-36-38-40-42-44-46-48-50-52-54-56-61(72)64(74)60(59-79-69-67(77)66(76)65(75)63(58-71)80-69)70-68(78)62(73)57-55-53-51-49-47-45-43-41-39-37-34-26-24-22-20-18-16-14-12-10-8-6-4-2/h33,35,40,42,48,50,60-67,69,71-77H,3-32,34,36-39,41,43-47,49,51-59H2,1-2H3,(H,70,78)/b35-33+,42-40+,50-48+. The highest BCUT2D eigenvalue weighted by molar-refractivity contribution is 5.80. The van der Waals surface area contributed by atoms with Gasteiger partial charge in [-0.25, -0.2) is 0 Å². The first kappa shape index (κ1) is 76.3. The number of carbonyl (C=O) groups excluding carboxylic acids is 1. The summed E-state index contributed by atoms with van der Waals surface area (Å²) in [5, 5.41) is 76.4. The van der Waals surface area contributed by atoms with Crippen LogP contribution in [0.15, 0.2) is 36.5 Å². The van der Waals surface area contributed by atoms with Gasteiger partial charge in [0.15, 0.2) is 6.29 Å². The van der Waals surface area contributed by atoms with E-state index in [4.69, 9.17) is 9.47 Å². The number of unbranched alkanes of at least 4 members (excludes halogenated alkanes) is 42. The first-order valence-electron chi connectivity index (χ1n) is 34.4. The molecule has 1 aliphatic heterocycles. The summed E-state index contributed by atoms with van der Waals surface area (Å²) >= 11 is 0. The molecule has 1 amide bonds. The summed E-state index contributed by atoms with van der Waals surface area (Å²) in [4.78, 5) is 13.2. The molecule has 0 radical (unpaired) electrons. The number of ether oxygens (including phenoxy) is 2. The molecular weight excluding hydrogens is 1000 g/mol. The molecule has 472 valence electrons. The summed E-state index contributed by atoms with van der Waals surface area (Å²) in [6, 6.07) is -1.19. The summed E-state index contributed by atoms with van der Waals surface area (Å²) in [5.41, 5.74) is 0. The van der Waals surface area contributed by atoms with Crippen LogP contribution in [0.4, 0.5) is 0 Å². The van der Waals surface area contributed by atoms with Crippen molar-refractivity contribution in [2.75, 3.05) is 13.2 Å². The predicted molar refractivity (Wildman–Crippen MR) is 335 cm³/mol. The van der Waals surface area contributed by atoms with Gasteiger partial charge in [0.1, 0.15) is 36.6 Å². The number of rotatable bonds is 60. The fourth-order valence-corrected chi connectivity index (χ4v) is 11.1. The molecule has 0 spiro atoms. The molecule has 80 heavy (non-hydrogen) atoms. The monoisotopic (exact) mass is 1130 g/mol. The molecule has 0 saturated carbocycles. The molecule has 9 atom stereocenters. The molecule has 0 aromatic carbocycles. The van der Waals surface area contributed by atoms with E-state index in [0.29, 0.717) is 19.3 Å². The predicted octanol–water partition coefficient (Wildman–Crippen LogP) is 16.2. The van der Waals surface area contributed by atoms with Crippen LogP contribution in [0.25, 0.3) is 0 Å². The SMILES string of the molecule is CCCCCCCCCCCCCCCCCCC/C=C/CC/C=C/CC/C=C/CCCC(O)C(O)C(COC1OC(CO)C(O)C(O)C1O)NC(=O)C(O)CCCCCCCCCCCCCCCCCCCCCCCCC. The molecular formula is C69H131NO10. The Labute approximate surface area is 492 Å². The smallest absolute Gasteiger partial charge is 0.249 e. The van der Waals surface area contributed by atoms with Gasteiger partial charge in [-0.2, -0.15) is 0 Å². The van der Waals surface area contributed by atoms with Crippen LogP contribution in [0.3, 0.4) is 0 Å². The first-order chi connectivity index (χ1) is 39.2. The Hall–Kier alpha value is -1.67. The van der Waals surface area contributed by atoms with E-state index in [9.17, 15) is 40.5 Å². The summed E-state index contributed by atoms with van der Waals surface area (Å²) in [5.74, 6) is -0.707. The molecule has 8 N–H and O–H groups in total. The Kier molecular flexibility index (Phi) is 55.1. The highest BCUT2D eigenvalue weighted by Gasteiger charge is 2.44. The molecule has 1 saturated heterocycles. The van der Waals surface area contributed by atoms with Crippen LogP contribution < -0.4 is 5.32 Å². The van der Waals surface area contributed by atoms with Crippen molar-refractivity contribution < 1.29 is 50.0 Å². The number of hydrogen-bond donors (Lipinski definition) is 8. The first-order valence-corrected chi connectivity index (χ1v) is 34.4. The van der Waals surface area contributed by atoms with Crippen LogP contribution in [0.5, 0.6) is 0 Å². The maximum atomic E-state index is 13.2.